The number of rotatable bonds is 4. The summed E-state index contributed by atoms with van der Waals surface area (Å²) in [6.45, 7) is 3.68. The first-order valence-corrected chi connectivity index (χ1v) is 7.16. The Hall–Kier alpha value is -2.06. The Kier molecular flexibility index (Phi) is 3.57. The van der Waals surface area contributed by atoms with Crippen molar-refractivity contribution in [1.29, 1.82) is 0 Å². The quantitative estimate of drug-likeness (QED) is 0.765. The van der Waals surface area contributed by atoms with E-state index in [1.54, 1.807) is 0 Å². The van der Waals surface area contributed by atoms with Crippen LogP contribution in [0.5, 0.6) is 0 Å². The summed E-state index contributed by atoms with van der Waals surface area (Å²) in [5.41, 5.74) is 10.9. The molecule has 0 aliphatic rings. The molecule has 0 unspecified atom stereocenters. The van der Waals surface area contributed by atoms with E-state index in [2.05, 4.69) is 66.2 Å². The molecular formula is C18H20N2. The molecule has 0 amide bonds. The van der Waals surface area contributed by atoms with Crippen LogP contribution in [0.3, 0.4) is 0 Å². The molecule has 1 heterocycles. The van der Waals surface area contributed by atoms with E-state index in [1.807, 2.05) is 0 Å². The van der Waals surface area contributed by atoms with Gasteiger partial charge in [0, 0.05) is 24.8 Å². The van der Waals surface area contributed by atoms with Crippen molar-refractivity contribution in [2.24, 2.45) is 5.73 Å². The van der Waals surface area contributed by atoms with Crippen LogP contribution in [0.15, 0.2) is 54.7 Å². The molecule has 0 saturated carbocycles. The molecule has 0 radical (unpaired) electrons. The number of aromatic nitrogens is 1. The van der Waals surface area contributed by atoms with Crippen LogP contribution in [0.1, 0.15) is 23.6 Å². The van der Waals surface area contributed by atoms with Crippen LogP contribution in [-0.2, 0) is 19.5 Å². The number of hydrogen-bond donors (Lipinski definition) is 1. The van der Waals surface area contributed by atoms with Gasteiger partial charge in [-0.2, -0.15) is 0 Å². The van der Waals surface area contributed by atoms with E-state index in [9.17, 15) is 0 Å². The Balaban J connectivity index is 1.93. The van der Waals surface area contributed by atoms with Gasteiger partial charge < -0.3 is 10.3 Å². The molecule has 3 rings (SSSR count). The van der Waals surface area contributed by atoms with Gasteiger partial charge in [-0.3, -0.25) is 0 Å². The topological polar surface area (TPSA) is 30.9 Å². The Morgan fingerprint density at radius 2 is 1.60 bits per heavy atom. The lowest BCUT2D eigenvalue weighted by Gasteiger charge is -2.07. The van der Waals surface area contributed by atoms with Gasteiger partial charge in [0.2, 0.25) is 0 Å². The highest BCUT2D eigenvalue weighted by Crippen LogP contribution is 2.19. The van der Waals surface area contributed by atoms with Crippen molar-refractivity contribution in [3.05, 3.63) is 71.4 Å². The molecular weight excluding hydrogens is 244 g/mol. The molecule has 3 aromatic rings. The summed E-state index contributed by atoms with van der Waals surface area (Å²) in [5, 5.41) is 1.27. The fraction of sp³-hybridized carbons (Fsp3) is 0.222. The number of nitrogens with zero attached hydrogens (tertiary/aromatic N) is 1. The SMILES string of the molecule is CCc1ccc(Cn2ccc3ccc(CN)cc32)cc1. The Morgan fingerprint density at radius 1 is 0.900 bits per heavy atom. The maximum Gasteiger partial charge on any atom is 0.0486 e. The first-order chi connectivity index (χ1) is 9.80. The van der Waals surface area contributed by atoms with Gasteiger partial charge in [-0.05, 0) is 40.6 Å². The highest BCUT2D eigenvalue weighted by Gasteiger charge is 2.03. The summed E-state index contributed by atoms with van der Waals surface area (Å²) in [7, 11) is 0. The zero-order chi connectivity index (χ0) is 13.9. The lowest BCUT2D eigenvalue weighted by molar-refractivity contribution is 0.835. The molecule has 102 valence electrons. The smallest absolute Gasteiger partial charge is 0.0486 e. The summed E-state index contributed by atoms with van der Waals surface area (Å²) >= 11 is 0. The monoisotopic (exact) mass is 264 g/mol. The van der Waals surface area contributed by atoms with Crippen LogP contribution in [0.4, 0.5) is 0 Å². The molecule has 0 saturated heterocycles. The average Bonchev–Trinajstić information content (AvgIpc) is 2.90. The third-order valence-electron chi connectivity index (χ3n) is 3.86. The number of aryl methyl sites for hydroxylation is 1. The van der Waals surface area contributed by atoms with Crippen LogP contribution in [-0.4, -0.2) is 4.57 Å². The summed E-state index contributed by atoms with van der Waals surface area (Å²) < 4.78 is 2.29. The molecule has 0 aliphatic carbocycles. The number of hydrogen-bond acceptors (Lipinski definition) is 1. The molecule has 2 aromatic carbocycles. The molecule has 2 nitrogen and oxygen atoms in total. The molecule has 0 aliphatic heterocycles. The normalized spacial score (nSPS) is 11.1. The fourth-order valence-electron chi connectivity index (χ4n) is 2.57. The maximum atomic E-state index is 5.73. The van der Waals surface area contributed by atoms with Crippen molar-refractivity contribution < 1.29 is 0 Å². The van der Waals surface area contributed by atoms with E-state index < -0.39 is 0 Å². The zero-order valence-electron chi connectivity index (χ0n) is 11.8. The summed E-state index contributed by atoms with van der Waals surface area (Å²) in [6, 6.07) is 17.5. The molecule has 0 bridgehead atoms. The van der Waals surface area contributed by atoms with E-state index in [0.29, 0.717) is 6.54 Å². The van der Waals surface area contributed by atoms with Crippen LogP contribution >= 0.6 is 0 Å². The van der Waals surface area contributed by atoms with Gasteiger partial charge in [0.15, 0.2) is 0 Å². The van der Waals surface area contributed by atoms with E-state index in [4.69, 9.17) is 5.73 Å². The molecule has 2 N–H and O–H groups in total. The van der Waals surface area contributed by atoms with Crippen LogP contribution in [0.2, 0.25) is 0 Å². The van der Waals surface area contributed by atoms with Crippen molar-refractivity contribution in [3.63, 3.8) is 0 Å². The Bertz CT molecular complexity index is 708. The number of benzene rings is 2. The molecule has 20 heavy (non-hydrogen) atoms. The standard InChI is InChI=1S/C18H20N2/c1-2-14-3-5-15(6-4-14)13-20-10-9-17-8-7-16(12-19)11-18(17)20/h3-11H,2,12-13,19H2,1H3. The van der Waals surface area contributed by atoms with Crippen molar-refractivity contribution >= 4 is 10.9 Å². The van der Waals surface area contributed by atoms with Crippen LogP contribution < -0.4 is 5.73 Å². The minimum absolute atomic E-state index is 0.590. The van der Waals surface area contributed by atoms with E-state index >= 15 is 0 Å². The summed E-state index contributed by atoms with van der Waals surface area (Å²) in [5.74, 6) is 0. The van der Waals surface area contributed by atoms with Crippen molar-refractivity contribution in [2.45, 2.75) is 26.4 Å². The number of nitrogens with two attached hydrogens (primary N) is 1. The molecule has 0 fully saturated rings. The lowest BCUT2D eigenvalue weighted by atomic mass is 10.1. The predicted octanol–water partition coefficient (Wildman–Crippen LogP) is 3.71. The zero-order valence-corrected chi connectivity index (χ0v) is 11.8. The molecule has 0 atom stereocenters. The van der Waals surface area contributed by atoms with Crippen molar-refractivity contribution in [2.75, 3.05) is 0 Å². The first kappa shape index (κ1) is 12.9. The fourth-order valence-corrected chi connectivity index (χ4v) is 2.57. The van der Waals surface area contributed by atoms with Gasteiger partial charge in [-0.15, -0.1) is 0 Å². The van der Waals surface area contributed by atoms with E-state index in [-0.39, 0.29) is 0 Å². The second-order valence-electron chi connectivity index (χ2n) is 5.21. The minimum Gasteiger partial charge on any atom is -0.343 e. The minimum atomic E-state index is 0.590. The number of fused-ring (bicyclic) bond motifs is 1. The van der Waals surface area contributed by atoms with Crippen molar-refractivity contribution in [3.8, 4) is 0 Å². The van der Waals surface area contributed by atoms with Gasteiger partial charge in [0.05, 0.1) is 0 Å². The van der Waals surface area contributed by atoms with Gasteiger partial charge >= 0.3 is 0 Å². The lowest BCUT2D eigenvalue weighted by Crippen LogP contribution is -2.00. The Labute approximate surface area is 119 Å². The molecule has 0 spiro atoms. The van der Waals surface area contributed by atoms with Crippen molar-refractivity contribution in [1.82, 2.24) is 4.57 Å². The average molecular weight is 264 g/mol. The van der Waals surface area contributed by atoms with Crippen LogP contribution in [0.25, 0.3) is 10.9 Å². The maximum absolute atomic E-state index is 5.73. The Morgan fingerprint density at radius 3 is 2.30 bits per heavy atom. The third-order valence-corrected chi connectivity index (χ3v) is 3.86. The van der Waals surface area contributed by atoms with Gasteiger partial charge in [0.25, 0.3) is 0 Å². The third kappa shape index (κ3) is 2.47. The highest BCUT2D eigenvalue weighted by atomic mass is 14.9. The first-order valence-electron chi connectivity index (χ1n) is 7.16. The van der Waals surface area contributed by atoms with Gasteiger partial charge in [-0.1, -0.05) is 43.3 Å². The van der Waals surface area contributed by atoms with E-state index in [0.717, 1.165) is 13.0 Å². The molecule has 2 heteroatoms. The highest BCUT2D eigenvalue weighted by molar-refractivity contribution is 5.80. The van der Waals surface area contributed by atoms with Gasteiger partial charge in [-0.25, -0.2) is 0 Å². The second-order valence-corrected chi connectivity index (χ2v) is 5.21. The van der Waals surface area contributed by atoms with Crippen LogP contribution in [0, 0.1) is 0 Å². The largest absolute Gasteiger partial charge is 0.343 e. The second kappa shape index (κ2) is 5.51. The predicted molar refractivity (Wildman–Crippen MR) is 84.8 cm³/mol. The molecule has 1 aromatic heterocycles. The summed E-state index contributed by atoms with van der Waals surface area (Å²) in [6.07, 6.45) is 3.24. The summed E-state index contributed by atoms with van der Waals surface area (Å²) in [4.78, 5) is 0. The van der Waals surface area contributed by atoms with Gasteiger partial charge in [0.1, 0.15) is 0 Å². The van der Waals surface area contributed by atoms with E-state index in [1.165, 1.54) is 27.6 Å².